The summed E-state index contributed by atoms with van der Waals surface area (Å²) in [7, 11) is -3.81. The predicted octanol–water partition coefficient (Wildman–Crippen LogP) is 6.69. The van der Waals surface area contributed by atoms with E-state index >= 15 is 0 Å². The fourth-order valence-electron chi connectivity index (χ4n) is 4.49. The Bertz CT molecular complexity index is 1520. The van der Waals surface area contributed by atoms with E-state index < -0.39 is 16.2 Å². The molecule has 8 nitrogen and oxygen atoms in total. The van der Waals surface area contributed by atoms with E-state index in [1.165, 1.54) is 36.8 Å². The van der Waals surface area contributed by atoms with E-state index in [0.717, 1.165) is 25.7 Å². The Labute approximate surface area is 223 Å². The summed E-state index contributed by atoms with van der Waals surface area (Å²) in [6.07, 6.45) is 0.576. The third kappa shape index (κ3) is 6.69. The summed E-state index contributed by atoms with van der Waals surface area (Å²) in [6.45, 7) is 0. The molecule has 39 heavy (non-hydrogen) atoms. The monoisotopic (exact) mass is 557 g/mol. The smallest absolute Gasteiger partial charge is 0.406 e. The van der Waals surface area contributed by atoms with Crippen LogP contribution in [-0.2, 0) is 9.84 Å². The summed E-state index contributed by atoms with van der Waals surface area (Å²) >= 11 is 0. The van der Waals surface area contributed by atoms with E-state index in [1.54, 1.807) is 42.5 Å². The molecule has 0 saturated heterocycles. The van der Waals surface area contributed by atoms with Crippen LogP contribution in [0.1, 0.15) is 32.1 Å². The highest BCUT2D eigenvalue weighted by Crippen LogP contribution is 2.30. The molecule has 0 radical (unpaired) electrons. The number of hydrogen-bond acceptors (Lipinski definition) is 7. The number of H-pyrrole nitrogens is 1. The molecule has 4 aromatic rings. The zero-order chi connectivity index (χ0) is 27.5. The van der Waals surface area contributed by atoms with Crippen molar-refractivity contribution in [2.24, 2.45) is 0 Å². The van der Waals surface area contributed by atoms with Crippen molar-refractivity contribution >= 4 is 27.3 Å². The van der Waals surface area contributed by atoms with Gasteiger partial charge in [0.2, 0.25) is 9.84 Å². The largest absolute Gasteiger partial charge is 0.573 e. The van der Waals surface area contributed by atoms with E-state index in [0.29, 0.717) is 22.9 Å². The predicted molar refractivity (Wildman–Crippen MR) is 141 cm³/mol. The standard InChI is InChI=1S/C27H26F3N5O3S/c28-27(29,30)38-20-13-11-18(12-14-20)23-17-26(35-34-23)33-25-16-22(39(36,37)21-9-5-2-6-10-21)15-24(32-25)31-19-7-3-1-4-8-19/h2,5-6,9-17,19H,1,3-4,7-8H2,(H3,31,32,33,34,35). The van der Waals surface area contributed by atoms with Crippen molar-refractivity contribution in [2.45, 2.75) is 54.3 Å². The summed E-state index contributed by atoms with van der Waals surface area (Å²) in [4.78, 5) is 4.85. The fraction of sp³-hybridized carbons (Fsp3) is 0.259. The first-order valence-corrected chi connectivity index (χ1v) is 13.9. The van der Waals surface area contributed by atoms with E-state index in [4.69, 9.17) is 0 Å². The molecule has 1 saturated carbocycles. The molecule has 3 N–H and O–H groups in total. The van der Waals surface area contributed by atoms with Gasteiger partial charge in [0.25, 0.3) is 0 Å². The van der Waals surface area contributed by atoms with Crippen LogP contribution < -0.4 is 15.4 Å². The first-order chi connectivity index (χ1) is 18.7. The molecule has 1 aliphatic carbocycles. The quantitative estimate of drug-likeness (QED) is 0.221. The highest BCUT2D eigenvalue weighted by molar-refractivity contribution is 7.91. The lowest BCUT2D eigenvalue weighted by atomic mass is 9.95. The molecule has 0 amide bonds. The molecule has 0 unspecified atom stereocenters. The number of halogens is 3. The van der Waals surface area contributed by atoms with Gasteiger partial charge in [0.1, 0.15) is 17.4 Å². The lowest BCUT2D eigenvalue weighted by Crippen LogP contribution is -2.23. The minimum Gasteiger partial charge on any atom is -0.406 e. The van der Waals surface area contributed by atoms with Gasteiger partial charge < -0.3 is 15.4 Å². The zero-order valence-electron chi connectivity index (χ0n) is 20.7. The van der Waals surface area contributed by atoms with Crippen LogP contribution in [-0.4, -0.2) is 36.0 Å². The van der Waals surface area contributed by atoms with Gasteiger partial charge in [-0.05, 0) is 60.9 Å². The highest BCUT2D eigenvalue weighted by atomic mass is 32.2. The van der Waals surface area contributed by atoms with Gasteiger partial charge in [0, 0.05) is 18.2 Å². The van der Waals surface area contributed by atoms with E-state index in [2.05, 4.69) is 30.6 Å². The Morgan fingerprint density at radius 2 is 1.54 bits per heavy atom. The van der Waals surface area contributed by atoms with Gasteiger partial charge in [-0.3, -0.25) is 5.10 Å². The van der Waals surface area contributed by atoms with Crippen molar-refractivity contribution in [3.05, 3.63) is 72.8 Å². The maximum absolute atomic E-state index is 13.4. The van der Waals surface area contributed by atoms with Crippen LogP contribution in [0.4, 0.5) is 30.6 Å². The number of benzene rings is 2. The number of sulfone groups is 1. The summed E-state index contributed by atoms with van der Waals surface area (Å²) in [5, 5.41) is 13.5. The van der Waals surface area contributed by atoms with Gasteiger partial charge in [0.05, 0.1) is 15.5 Å². The van der Waals surface area contributed by atoms with Gasteiger partial charge in [-0.2, -0.15) is 5.10 Å². The first-order valence-electron chi connectivity index (χ1n) is 12.4. The molecule has 2 heterocycles. The molecule has 204 valence electrons. The van der Waals surface area contributed by atoms with Crippen LogP contribution in [0.5, 0.6) is 5.75 Å². The number of anilines is 3. The third-order valence-electron chi connectivity index (χ3n) is 6.35. The summed E-state index contributed by atoms with van der Waals surface area (Å²) in [5.74, 6) is 0.739. The highest BCUT2D eigenvalue weighted by Gasteiger charge is 2.31. The van der Waals surface area contributed by atoms with Crippen molar-refractivity contribution in [1.82, 2.24) is 15.2 Å². The van der Waals surface area contributed by atoms with Crippen LogP contribution in [0.15, 0.2) is 82.6 Å². The molecule has 5 rings (SSSR count). The SMILES string of the molecule is O=S(=O)(c1ccccc1)c1cc(Nc2cc(-c3ccc(OC(F)(F)F)cc3)[nH]n2)nc(NC2CCCCC2)c1. The minimum atomic E-state index is -4.77. The number of alkyl halides is 3. The van der Waals surface area contributed by atoms with Crippen molar-refractivity contribution in [3.8, 4) is 17.0 Å². The fourth-order valence-corrected chi connectivity index (χ4v) is 5.81. The zero-order valence-corrected chi connectivity index (χ0v) is 21.5. The molecular formula is C27H26F3N5O3S. The van der Waals surface area contributed by atoms with Gasteiger partial charge in [0.15, 0.2) is 5.82 Å². The molecule has 0 atom stereocenters. The van der Waals surface area contributed by atoms with Gasteiger partial charge >= 0.3 is 6.36 Å². The Balaban J connectivity index is 1.41. The number of aromatic nitrogens is 3. The minimum absolute atomic E-state index is 0.0838. The van der Waals surface area contributed by atoms with Crippen LogP contribution in [0.2, 0.25) is 0 Å². The average Bonchev–Trinajstić information content (AvgIpc) is 3.37. The van der Waals surface area contributed by atoms with Crippen molar-refractivity contribution in [2.75, 3.05) is 10.6 Å². The molecule has 2 aromatic carbocycles. The van der Waals surface area contributed by atoms with Gasteiger partial charge in [-0.1, -0.05) is 37.5 Å². The molecule has 1 fully saturated rings. The van der Waals surface area contributed by atoms with Crippen LogP contribution in [0.3, 0.4) is 0 Å². The molecule has 1 aliphatic rings. The van der Waals surface area contributed by atoms with Crippen molar-refractivity contribution in [3.63, 3.8) is 0 Å². The maximum atomic E-state index is 13.4. The third-order valence-corrected chi connectivity index (χ3v) is 8.10. The summed E-state index contributed by atoms with van der Waals surface area (Å²) < 4.78 is 68.0. The summed E-state index contributed by atoms with van der Waals surface area (Å²) in [5.41, 5.74) is 1.11. The number of hydrogen-bond donors (Lipinski definition) is 3. The lowest BCUT2D eigenvalue weighted by Gasteiger charge is -2.23. The second-order valence-electron chi connectivity index (χ2n) is 9.23. The summed E-state index contributed by atoms with van der Waals surface area (Å²) in [6, 6.07) is 18.4. The van der Waals surface area contributed by atoms with E-state index in [9.17, 15) is 21.6 Å². The Morgan fingerprint density at radius 3 is 2.23 bits per heavy atom. The number of ether oxygens (including phenoxy) is 1. The topological polar surface area (TPSA) is 109 Å². The van der Waals surface area contributed by atoms with Gasteiger partial charge in [-0.15, -0.1) is 13.2 Å². The molecule has 12 heteroatoms. The van der Waals surface area contributed by atoms with Crippen LogP contribution >= 0.6 is 0 Å². The lowest BCUT2D eigenvalue weighted by molar-refractivity contribution is -0.274. The molecular weight excluding hydrogens is 531 g/mol. The molecule has 2 aromatic heterocycles. The Morgan fingerprint density at radius 1 is 0.846 bits per heavy atom. The molecule has 0 spiro atoms. The molecule has 0 aliphatic heterocycles. The number of rotatable bonds is 8. The van der Waals surface area contributed by atoms with Crippen LogP contribution in [0.25, 0.3) is 11.3 Å². The Hall–Kier alpha value is -4.06. The Kier molecular flexibility index (Phi) is 7.47. The number of nitrogens with one attached hydrogen (secondary N) is 3. The second-order valence-corrected chi connectivity index (χ2v) is 11.2. The number of aromatic amines is 1. The van der Waals surface area contributed by atoms with Gasteiger partial charge in [-0.25, -0.2) is 13.4 Å². The van der Waals surface area contributed by atoms with Crippen LogP contribution in [0, 0.1) is 0 Å². The van der Waals surface area contributed by atoms with E-state index in [1.807, 2.05) is 0 Å². The maximum Gasteiger partial charge on any atom is 0.573 e. The van der Waals surface area contributed by atoms with Crippen molar-refractivity contribution in [1.29, 1.82) is 0 Å². The van der Waals surface area contributed by atoms with E-state index in [-0.39, 0.29) is 27.4 Å². The molecule has 0 bridgehead atoms. The second kappa shape index (κ2) is 11.0. The number of pyridine rings is 1. The number of nitrogens with zero attached hydrogens (tertiary/aromatic N) is 2. The normalized spacial score (nSPS) is 14.6. The first kappa shape index (κ1) is 26.5. The average molecular weight is 558 g/mol. The van der Waals surface area contributed by atoms with Crippen molar-refractivity contribution < 1.29 is 26.3 Å².